The lowest BCUT2D eigenvalue weighted by Crippen LogP contribution is -2.20. The maximum absolute atomic E-state index is 9.81. The summed E-state index contributed by atoms with van der Waals surface area (Å²) in [5.74, 6) is 1.20. The molecule has 3 N–H and O–H groups in total. The fourth-order valence-corrected chi connectivity index (χ4v) is 2.08. The first-order valence-corrected chi connectivity index (χ1v) is 6.78. The predicted octanol–water partition coefficient (Wildman–Crippen LogP) is 1.59. The van der Waals surface area contributed by atoms with E-state index >= 15 is 0 Å². The van der Waals surface area contributed by atoms with Crippen LogP contribution in [0.25, 0.3) is 0 Å². The Morgan fingerprint density at radius 1 is 1.26 bits per heavy atom. The van der Waals surface area contributed by atoms with Crippen LogP contribution in [0.15, 0.2) is 47.9 Å². The normalized spacial score (nSPS) is 12.1. The van der Waals surface area contributed by atoms with Gasteiger partial charge in [-0.2, -0.15) is 0 Å². The Morgan fingerprint density at radius 2 is 2.05 bits per heavy atom. The molecular weight excluding hydrogens is 262 g/mol. The minimum absolute atomic E-state index is 0.233. The average Bonchev–Trinajstić information content (AvgIpc) is 2.45. The number of anilines is 1. The molecule has 0 saturated heterocycles. The number of benzene rings is 1. The number of nitrogens with zero attached hydrogens (tertiary/aromatic N) is 2. The van der Waals surface area contributed by atoms with E-state index in [-0.39, 0.29) is 6.61 Å². The van der Waals surface area contributed by atoms with E-state index in [0.717, 1.165) is 5.03 Å². The van der Waals surface area contributed by atoms with Crippen LogP contribution in [0.1, 0.15) is 0 Å². The molecule has 2 rings (SSSR count). The van der Waals surface area contributed by atoms with E-state index < -0.39 is 6.10 Å². The van der Waals surface area contributed by atoms with Gasteiger partial charge >= 0.3 is 0 Å². The van der Waals surface area contributed by atoms with Crippen molar-refractivity contribution in [2.75, 3.05) is 18.1 Å². The van der Waals surface area contributed by atoms with Crippen LogP contribution in [0.5, 0.6) is 5.75 Å². The van der Waals surface area contributed by atoms with Crippen molar-refractivity contribution in [3.8, 4) is 5.75 Å². The number of aliphatic hydroxyl groups excluding tert-OH is 1. The summed E-state index contributed by atoms with van der Waals surface area (Å²) in [7, 11) is 0. The standard InChI is InChI=1S/C13H15N3O2S/c14-10-1-3-12(4-2-10)18-8-11(17)9-19-13-7-15-5-6-16-13/h1-7,11,17H,8-9,14H2. The summed E-state index contributed by atoms with van der Waals surface area (Å²) in [4.78, 5) is 8.07. The molecule has 0 amide bonds. The smallest absolute Gasteiger partial charge is 0.119 e. The van der Waals surface area contributed by atoms with Crippen LogP contribution in [0.4, 0.5) is 5.69 Å². The highest BCUT2D eigenvalue weighted by Gasteiger charge is 2.07. The lowest BCUT2D eigenvalue weighted by Gasteiger charge is -2.11. The second-order valence-corrected chi connectivity index (χ2v) is 4.93. The second-order valence-electron chi connectivity index (χ2n) is 3.89. The Labute approximate surface area is 115 Å². The van der Waals surface area contributed by atoms with Crippen molar-refractivity contribution in [1.82, 2.24) is 9.97 Å². The van der Waals surface area contributed by atoms with Gasteiger partial charge in [-0.25, -0.2) is 4.98 Å². The average molecular weight is 277 g/mol. The number of hydrogen-bond acceptors (Lipinski definition) is 6. The van der Waals surface area contributed by atoms with Crippen molar-refractivity contribution in [3.05, 3.63) is 42.9 Å². The molecule has 0 radical (unpaired) electrons. The SMILES string of the molecule is Nc1ccc(OCC(O)CSc2cnccn2)cc1. The van der Waals surface area contributed by atoms with Gasteiger partial charge in [-0.3, -0.25) is 4.98 Å². The van der Waals surface area contributed by atoms with Gasteiger partial charge in [0, 0.05) is 23.8 Å². The third-order valence-corrected chi connectivity index (χ3v) is 3.34. The third kappa shape index (κ3) is 4.76. The summed E-state index contributed by atoms with van der Waals surface area (Å²) in [5.41, 5.74) is 6.26. The van der Waals surface area contributed by atoms with Crippen LogP contribution in [-0.4, -0.2) is 33.5 Å². The van der Waals surface area contributed by atoms with E-state index in [1.807, 2.05) is 0 Å². The van der Waals surface area contributed by atoms with Crippen molar-refractivity contribution >= 4 is 17.4 Å². The quantitative estimate of drug-likeness (QED) is 0.616. The molecule has 1 aromatic heterocycles. The van der Waals surface area contributed by atoms with Gasteiger partial charge < -0.3 is 15.6 Å². The number of aromatic nitrogens is 2. The number of rotatable bonds is 6. The molecule has 0 aliphatic rings. The lowest BCUT2D eigenvalue weighted by atomic mass is 10.3. The van der Waals surface area contributed by atoms with Gasteiger partial charge in [0.2, 0.25) is 0 Å². The van der Waals surface area contributed by atoms with E-state index in [0.29, 0.717) is 17.2 Å². The van der Waals surface area contributed by atoms with Crippen LogP contribution in [-0.2, 0) is 0 Å². The summed E-state index contributed by atoms with van der Waals surface area (Å²) in [6.07, 6.45) is 4.34. The maximum Gasteiger partial charge on any atom is 0.119 e. The topological polar surface area (TPSA) is 81.3 Å². The van der Waals surface area contributed by atoms with Crippen molar-refractivity contribution in [2.45, 2.75) is 11.1 Å². The molecule has 1 unspecified atom stereocenters. The van der Waals surface area contributed by atoms with Gasteiger partial charge in [0.05, 0.1) is 12.3 Å². The second kappa shape index (κ2) is 6.96. The van der Waals surface area contributed by atoms with Gasteiger partial charge in [0.25, 0.3) is 0 Å². The van der Waals surface area contributed by atoms with Crippen LogP contribution >= 0.6 is 11.8 Å². The molecule has 0 saturated carbocycles. The van der Waals surface area contributed by atoms with Gasteiger partial charge in [0.15, 0.2) is 0 Å². The van der Waals surface area contributed by atoms with Crippen molar-refractivity contribution in [2.24, 2.45) is 0 Å². The number of nitrogens with two attached hydrogens (primary N) is 1. The molecule has 0 fully saturated rings. The first-order chi connectivity index (χ1) is 9.24. The zero-order valence-corrected chi connectivity index (χ0v) is 11.1. The molecular formula is C13H15N3O2S. The highest BCUT2D eigenvalue weighted by molar-refractivity contribution is 7.99. The van der Waals surface area contributed by atoms with Crippen molar-refractivity contribution in [3.63, 3.8) is 0 Å². The Hall–Kier alpha value is -1.79. The molecule has 100 valence electrons. The molecule has 2 aromatic rings. The first-order valence-electron chi connectivity index (χ1n) is 5.79. The van der Waals surface area contributed by atoms with E-state index in [1.54, 1.807) is 42.9 Å². The molecule has 0 aliphatic carbocycles. The summed E-state index contributed by atoms with van der Waals surface area (Å²) < 4.78 is 5.46. The minimum Gasteiger partial charge on any atom is -0.491 e. The highest BCUT2D eigenvalue weighted by atomic mass is 32.2. The molecule has 1 heterocycles. The monoisotopic (exact) mass is 277 g/mol. The fraction of sp³-hybridized carbons (Fsp3) is 0.231. The van der Waals surface area contributed by atoms with Crippen LogP contribution < -0.4 is 10.5 Å². The number of nitrogen functional groups attached to an aromatic ring is 1. The van der Waals surface area contributed by atoms with Crippen molar-refractivity contribution < 1.29 is 9.84 Å². The van der Waals surface area contributed by atoms with Gasteiger partial charge in [-0.05, 0) is 24.3 Å². The number of ether oxygens (including phenoxy) is 1. The summed E-state index contributed by atoms with van der Waals surface area (Å²) in [6.45, 7) is 0.233. The maximum atomic E-state index is 9.81. The molecule has 5 nitrogen and oxygen atoms in total. The van der Waals surface area contributed by atoms with Crippen LogP contribution in [0.3, 0.4) is 0 Å². The molecule has 0 aliphatic heterocycles. The van der Waals surface area contributed by atoms with Crippen LogP contribution in [0, 0.1) is 0 Å². The summed E-state index contributed by atoms with van der Waals surface area (Å²) in [6, 6.07) is 7.07. The van der Waals surface area contributed by atoms with E-state index in [1.165, 1.54) is 11.8 Å². The Kier molecular flexibility index (Phi) is 5.00. The zero-order valence-electron chi connectivity index (χ0n) is 10.3. The lowest BCUT2D eigenvalue weighted by molar-refractivity contribution is 0.126. The number of thioether (sulfide) groups is 1. The Balaban J connectivity index is 1.72. The molecule has 6 heteroatoms. The van der Waals surface area contributed by atoms with Crippen molar-refractivity contribution in [1.29, 1.82) is 0 Å². The van der Waals surface area contributed by atoms with E-state index in [9.17, 15) is 5.11 Å². The zero-order chi connectivity index (χ0) is 13.5. The minimum atomic E-state index is -0.565. The first kappa shape index (κ1) is 13.6. The van der Waals surface area contributed by atoms with E-state index in [2.05, 4.69) is 9.97 Å². The highest BCUT2D eigenvalue weighted by Crippen LogP contribution is 2.16. The molecule has 1 aromatic carbocycles. The molecule has 0 bridgehead atoms. The van der Waals surface area contributed by atoms with Crippen LogP contribution in [0.2, 0.25) is 0 Å². The molecule has 1 atom stereocenters. The predicted molar refractivity (Wildman–Crippen MR) is 75.1 cm³/mol. The Bertz CT molecular complexity index is 493. The number of aliphatic hydroxyl groups is 1. The molecule has 0 spiro atoms. The largest absolute Gasteiger partial charge is 0.491 e. The summed E-state index contributed by atoms with van der Waals surface area (Å²) in [5, 5.41) is 10.6. The fourth-order valence-electron chi connectivity index (χ4n) is 1.35. The Morgan fingerprint density at radius 3 is 2.74 bits per heavy atom. The van der Waals surface area contributed by atoms with Gasteiger partial charge in [0.1, 0.15) is 17.4 Å². The molecule has 19 heavy (non-hydrogen) atoms. The number of hydrogen-bond donors (Lipinski definition) is 2. The van der Waals surface area contributed by atoms with Gasteiger partial charge in [-0.15, -0.1) is 11.8 Å². The third-order valence-electron chi connectivity index (χ3n) is 2.29. The van der Waals surface area contributed by atoms with E-state index in [4.69, 9.17) is 10.5 Å². The summed E-state index contributed by atoms with van der Waals surface area (Å²) >= 11 is 1.44. The van der Waals surface area contributed by atoms with Gasteiger partial charge in [-0.1, -0.05) is 0 Å².